The van der Waals surface area contributed by atoms with E-state index in [0.29, 0.717) is 5.90 Å². The van der Waals surface area contributed by atoms with Crippen LogP contribution >= 0.6 is 0 Å². The maximum absolute atomic E-state index is 11.7. The van der Waals surface area contributed by atoms with Crippen molar-refractivity contribution in [1.29, 1.82) is 0 Å². The van der Waals surface area contributed by atoms with Gasteiger partial charge in [-0.3, -0.25) is 0 Å². The second kappa shape index (κ2) is 5.50. The number of carbonyl (C=O) groups excluding carboxylic acids is 1. The highest BCUT2D eigenvalue weighted by atomic mass is 16.7. The number of amides is 1. The van der Waals surface area contributed by atoms with E-state index in [0.717, 1.165) is 32.1 Å². The second-order valence-electron chi connectivity index (χ2n) is 6.56. The molecule has 0 saturated heterocycles. The third-order valence-electron chi connectivity index (χ3n) is 3.67. The molecule has 1 saturated carbocycles. The average Bonchev–Trinajstić information content (AvgIpc) is 2.74. The van der Waals surface area contributed by atoms with Crippen molar-refractivity contribution in [2.75, 3.05) is 7.11 Å². The first-order valence-corrected chi connectivity index (χ1v) is 7.10. The standard InChI is InChI=1S/C14H24N2O4/c1-13(2,3)19-12(17)15-10-5-7-14(8-6-10)9-11(18-4)16-20-14/h10H,5-9H2,1-4H3,(H,15,17). The van der Waals surface area contributed by atoms with Gasteiger partial charge in [-0.1, -0.05) is 5.16 Å². The molecule has 20 heavy (non-hydrogen) atoms. The summed E-state index contributed by atoms with van der Waals surface area (Å²) < 4.78 is 10.4. The Morgan fingerprint density at radius 3 is 2.55 bits per heavy atom. The van der Waals surface area contributed by atoms with Gasteiger partial charge in [-0.25, -0.2) is 4.79 Å². The molecule has 0 aromatic heterocycles. The normalized spacial score (nSPS) is 29.6. The highest BCUT2D eigenvalue weighted by Gasteiger charge is 2.43. The second-order valence-corrected chi connectivity index (χ2v) is 6.56. The summed E-state index contributed by atoms with van der Waals surface area (Å²) in [5.41, 5.74) is -0.687. The molecule has 6 nitrogen and oxygen atoms in total. The SMILES string of the molecule is COC1=NOC2(CCC(NC(=O)OC(C)(C)C)CC2)C1. The van der Waals surface area contributed by atoms with Crippen LogP contribution in [0, 0.1) is 0 Å². The first-order chi connectivity index (χ1) is 9.32. The fourth-order valence-electron chi connectivity index (χ4n) is 2.63. The van der Waals surface area contributed by atoms with Crippen molar-refractivity contribution in [3.05, 3.63) is 0 Å². The first-order valence-electron chi connectivity index (χ1n) is 7.10. The maximum Gasteiger partial charge on any atom is 0.407 e. The first kappa shape index (κ1) is 14.9. The van der Waals surface area contributed by atoms with E-state index >= 15 is 0 Å². The molecule has 1 amide bonds. The molecule has 2 aliphatic rings. The molecule has 0 atom stereocenters. The van der Waals surface area contributed by atoms with Crippen molar-refractivity contribution in [2.24, 2.45) is 5.16 Å². The van der Waals surface area contributed by atoms with Crippen LogP contribution in [0.2, 0.25) is 0 Å². The van der Waals surface area contributed by atoms with Crippen LogP contribution in [0.4, 0.5) is 4.79 Å². The van der Waals surface area contributed by atoms with E-state index in [9.17, 15) is 4.79 Å². The molecule has 0 radical (unpaired) electrons. The van der Waals surface area contributed by atoms with Gasteiger partial charge in [0, 0.05) is 6.04 Å². The van der Waals surface area contributed by atoms with Crippen LogP contribution in [-0.2, 0) is 14.3 Å². The minimum absolute atomic E-state index is 0.144. The van der Waals surface area contributed by atoms with Gasteiger partial charge in [0.2, 0.25) is 5.90 Å². The van der Waals surface area contributed by atoms with E-state index in [1.165, 1.54) is 0 Å². The lowest BCUT2D eigenvalue weighted by molar-refractivity contribution is -0.0505. The summed E-state index contributed by atoms with van der Waals surface area (Å²) in [6, 6.07) is 0.144. The molecule has 0 aromatic carbocycles. The van der Waals surface area contributed by atoms with Gasteiger partial charge in [0.05, 0.1) is 13.5 Å². The van der Waals surface area contributed by atoms with Crippen molar-refractivity contribution in [1.82, 2.24) is 5.32 Å². The number of rotatable bonds is 1. The van der Waals surface area contributed by atoms with Gasteiger partial charge in [-0.15, -0.1) is 0 Å². The van der Waals surface area contributed by atoms with Crippen molar-refractivity contribution < 1.29 is 19.1 Å². The third kappa shape index (κ3) is 3.77. The molecule has 114 valence electrons. The molecule has 6 heteroatoms. The zero-order chi connectivity index (χ0) is 14.8. The fourth-order valence-corrected chi connectivity index (χ4v) is 2.63. The molecule has 1 aliphatic heterocycles. The molecule has 1 spiro atoms. The summed E-state index contributed by atoms with van der Waals surface area (Å²) in [6.45, 7) is 5.58. The Bertz CT molecular complexity index is 392. The Morgan fingerprint density at radius 1 is 1.40 bits per heavy atom. The van der Waals surface area contributed by atoms with E-state index in [1.807, 2.05) is 20.8 Å². The topological polar surface area (TPSA) is 69.2 Å². The zero-order valence-corrected chi connectivity index (χ0v) is 12.7. The molecule has 1 fully saturated rings. The molecule has 1 aliphatic carbocycles. The quantitative estimate of drug-likeness (QED) is 0.803. The summed E-state index contributed by atoms with van der Waals surface area (Å²) >= 11 is 0. The molecule has 1 heterocycles. The van der Waals surface area contributed by atoms with Crippen molar-refractivity contribution in [2.45, 2.75) is 70.1 Å². The molecule has 0 unspecified atom stereocenters. The van der Waals surface area contributed by atoms with Crippen molar-refractivity contribution in [3.8, 4) is 0 Å². The highest BCUT2D eigenvalue weighted by molar-refractivity contribution is 5.77. The minimum atomic E-state index is -0.463. The van der Waals surface area contributed by atoms with Crippen LogP contribution in [0.25, 0.3) is 0 Å². The number of nitrogens with one attached hydrogen (secondary N) is 1. The Kier molecular flexibility index (Phi) is 4.11. The summed E-state index contributed by atoms with van der Waals surface area (Å²) in [6.07, 6.45) is 3.84. The van der Waals surface area contributed by atoms with Gasteiger partial charge in [0.25, 0.3) is 0 Å². The molecule has 0 bridgehead atoms. The predicted molar refractivity (Wildman–Crippen MR) is 74.5 cm³/mol. The maximum atomic E-state index is 11.7. The molecular formula is C14H24N2O4. The number of hydrogen-bond donors (Lipinski definition) is 1. The van der Waals surface area contributed by atoms with Crippen molar-refractivity contribution in [3.63, 3.8) is 0 Å². The minimum Gasteiger partial charge on any atom is -0.482 e. The Hall–Kier alpha value is -1.46. The van der Waals surface area contributed by atoms with Crippen LogP contribution in [-0.4, -0.2) is 36.3 Å². The Balaban J connectivity index is 1.77. The van der Waals surface area contributed by atoms with Crippen LogP contribution in [0.1, 0.15) is 52.9 Å². The van der Waals surface area contributed by atoms with Gasteiger partial charge >= 0.3 is 6.09 Å². The van der Waals surface area contributed by atoms with Crippen LogP contribution < -0.4 is 5.32 Å². The number of nitrogens with zero attached hydrogens (tertiary/aromatic N) is 1. The highest BCUT2D eigenvalue weighted by Crippen LogP contribution is 2.38. The molecule has 0 aromatic rings. The summed E-state index contributed by atoms with van der Waals surface area (Å²) in [7, 11) is 1.61. The number of oxime groups is 1. The molecule has 2 rings (SSSR count). The van der Waals surface area contributed by atoms with E-state index in [2.05, 4.69) is 10.5 Å². The van der Waals surface area contributed by atoms with Crippen LogP contribution in [0.15, 0.2) is 5.16 Å². The van der Waals surface area contributed by atoms with E-state index < -0.39 is 5.60 Å². The van der Waals surface area contributed by atoms with Gasteiger partial charge < -0.3 is 19.6 Å². The van der Waals surface area contributed by atoms with E-state index in [4.69, 9.17) is 14.3 Å². The number of alkyl carbamates (subject to hydrolysis) is 1. The van der Waals surface area contributed by atoms with Gasteiger partial charge in [-0.05, 0) is 46.5 Å². The van der Waals surface area contributed by atoms with E-state index in [-0.39, 0.29) is 17.7 Å². The monoisotopic (exact) mass is 284 g/mol. The Labute approximate surface area is 119 Å². The van der Waals surface area contributed by atoms with Crippen LogP contribution in [0.5, 0.6) is 0 Å². The van der Waals surface area contributed by atoms with Gasteiger partial charge in [-0.2, -0.15) is 0 Å². The largest absolute Gasteiger partial charge is 0.482 e. The zero-order valence-electron chi connectivity index (χ0n) is 12.7. The number of ether oxygens (including phenoxy) is 2. The third-order valence-corrected chi connectivity index (χ3v) is 3.67. The van der Waals surface area contributed by atoms with Crippen molar-refractivity contribution >= 4 is 12.0 Å². The van der Waals surface area contributed by atoms with Gasteiger partial charge in [0.15, 0.2) is 0 Å². The molecule has 1 N–H and O–H groups in total. The lowest BCUT2D eigenvalue weighted by Crippen LogP contribution is -2.45. The predicted octanol–water partition coefficient (Wildman–Crippen LogP) is 2.57. The summed E-state index contributed by atoms with van der Waals surface area (Å²) in [5, 5.41) is 6.87. The summed E-state index contributed by atoms with van der Waals surface area (Å²) in [4.78, 5) is 17.3. The lowest BCUT2D eigenvalue weighted by atomic mass is 9.80. The fraction of sp³-hybridized carbons (Fsp3) is 0.857. The number of carbonyl (C=O) groups is 1. The van der Waals surface area contributed by atoms with Crippen LogP contribution in [0.3, 0.4) is 0 Å². The average molecular weight is 284 g/mol. The van der Waals surface area contributed by atoms with Gasteiger partial charge in [0.1, 0.15) is 11.2 Å². The lowest BCUT2D eigenvalue weighted by Gasteiger charge is -2.35. The Morgan fingerprint density at radius 2 is 2.05 bits per heavy atom. The number of methoxy groups -OCH3 is 1. The summed E-state index contributed by atoms with van der Waals surface area (Å²) in [5.74, 6) is 0.656. The van der Waals surface area contributed by atoms with E-state index in [1.54, 1.807) is 7.11 Å². The molecular weight excluding hydrogens is 260 g/mol. The number of hydrogen-bond acceptors (Lipinski definition) is 5. The smallest absolute Gasteiger partial charge is 0.407 e.